The molecule has 9 heteroatoms. The molecule has 0 heterocycles. The van der Waals surface area contributed by atoms with Crippen LogP contribution >= 0.6 is 0 Å². The number of anilines is 2. The van der Waals surface area contributed by atoms with Crippen molar-refractivity contribution in [2.24, 2.45) is 0 Å². The zero-order valence-corrected chi connectivity index (χ0v) is 17.8. The van der Waals surface area contributed by atoms with Gasteiger partial charge in [0, 0.05) is 22.5 Å². The lowest BCUT2D eigenvalue weighted by Crippen LogP contribution is -2.30. The van der Waals surface area contributed by atoms with E-state index in [1.54, 1.807) is 30.3 Å². The van der Waals surface area contributed by atoms with Crippen molar-refractivity contribution >= 4 is 29.3 Å². The number of carbonyl (C=O) groups excluding carboxylic acids is 3. The van der Waals surface area contributed by atoms with Crippen molar-refractivity contribution < 1.29 is 33.3 Å². The Morgan fingerprint density at radius 1 is 0.875 bits per heavy atom. The number of nitrogen functional groups attached to an aromatic ring is 2. The Kier molecular flexibility index (Phi) is 8.00. The fraction of sp³-hybridized carbons (Fsp3) is 0.174. The molecule has 2 rings (SSSR count). The van der Waals surface area contributed by atoms with Crippen LogP contribution in [0, 0.1) is 0 Å². The highest BCUT2D eigenvalue weighted by atomic mass is 16.7. The summed E-state index contributed by atoms with van der Waals surface area (Å²) in [7, 11) is 0. The van der Waals surface area contributed by atoms with Crippen molar-refractivity contribution in [3.8, 4) is 11.5 Å². The van der Waals surface area contributed by atoms with Crippen LogP contribution in [0.2, 0.25) is 0 Å². The Morgan fingerprint density at radius 2 is 1.41 bits per heavy atom. The maximum Gasteiger partial charge on any atom is 0.342 e. The fourth-order valence-corrected chi connectivity index (χ4v) is 2.21. The molecule has 4 N–H and O–H groups in total. The first-order valence-corrected chi connectivity index (χ1v) is 9.40. The average Bonchev–Trinajstić information content (AvgIpc) is 2.74. The van der Waals surface area contributed by atoms with Crippen molar-refractivity contribution in [1.29, 1.82) is 0 Å². The number of hydrogen-bond donors (Lipinski definition) is 2. The zero-order chi connectivity index (χ0) is 23.8. The van der Waals surface area contributed by atoms with Gasteiger partial charge in [-0.3, -0.25) is 0 Å². The Morgan fingerprint density at radius 3 is 1.94 bits per heavy atom. The highest BCUT2D eigenvalue weighted by Gasteiger charge is 2.24. The second-order valence-electron chi connectivity index (χ2n) is 6.83. The number of rotatable bonds is 9. The molecule has 0 aliphatic carbocycles. The predicted molar refractivity (Wildman–Crippen MR) is 118 cm³/mol. The summed E-state index contributed by atoms with van der Waals surface area (Å²) in [6.45, 7) is 9.16. The quantitative estimate of drug-likeness (QED) is 0.260. The van der Waals surface area contributed by atoms with Gasteiger partial charge in [-0.05, 0) is 56.3 Å². The van der Waals surface area contributed by atoms with E-state index in [-0.39, 0.29) is 22.5 Å². The van der Waals surface area contributed by atoms with Gasteiger partial charge < -0.3 is 30.4 Å². The first-order valence-electron chi connectivity index (χ1n) is 9.40. The number of carbonyl (C=O) groups is 3. The molecule has 0 aliphatic rings. The molecule has 0 radical (unpaired) electrons. The van der Waals surface area contributed by atoms with Gasteiger partial charge in [-0.25, -0.2) is 14.4 Å². The molecule has 0 saturated carbocycles. The minimum atomic E-state index is -1.50. The van der Waals surface area contributed by atoms with Crippen LogP contribution < -0.4 is 16.2 Å². The topological polar surface area (TPSA) is 140 Å². The van der Waals surface area contributed by atoms with E-state index in [0.717, 1.165) is 0 Å². The molecule has 0 fully saturated rings. The molecule has 32 heavy (non-hydrogen) atoms. The summed E-state index contributed by atoms with van der Waals surface area (Å²) in [5.41, 5.74) is 12.5. The molecular formula is C23H24N2O7. The molecule has 0 saturated heterocycles. The molecule has 0 atom stereocenters. The highest BCUT2D eigenvalue weighted by Crippen LogP contribution is 2.28. The Balaban J connectivity index is 2.17. The minimum Gasteiger partial charge on any atom is -0.456 e. The molecule has 0 spiro atoms. The lowest BCUT2D eigenvalue weighted by atomic mass is 10.2. The van der Waals surface area contributed by atoms with Crippen LogP contribution in [-0.2, 0) is 23.8 Å². The first kappa shape index (κ1) is 24.0. The summed E-state index contributed by atoms with van der Waals surface area (Å²) in [6, 6.07) is 11.0. The monoisotopic (exact) mass is 440 g/mol. The molecule has 9 nitrogen and oxygen atoms in total. The van der Waals surface area contributed by atoms with Crippen molar-refractivity contribution in [3.05, 3.63) is 72.3 Å². The average molecular weight is 440 g/mol. The zero-order valence-electron chi connectivity index (χ0n) is 17.8. The van der Waals surface area contributed by atoms with Gasteiger partial charge in [0.2, 0.25) is 0 Å². The summed E-state index contributed by atoms with van der Waals surface area (Å²) in [6.07, 6.45) is -1.50. The van der Waals surface area contributed by atoms with Crippen LogP contribution in [0.1, 0.15) is 24.2 Å². The molecular weight excluding hydrogens is 416 g/mol. The van der Waals surface area contributed by atoms with Gasteiger partial charge in [-0.15, -0.1) is 0 Å². The van der Waals surface area contributed by atoms with E-state index in [1.807, 2.05) is 0 Å². The van der Waals surface area contributed by atoms with E-state index in [2.05, 4.69) is 13.2 Å². The minimum absolute atomic E-state index is 0.0121. The van der Waals surface area contributed by atoms with Crippen LogP contribution in [0.3, 0.4) is 0 Å². The Bertz CT molecular complexity index is 1020. The largest absolute Gasteiger partial charge is 0.456 e. The normalized spacial score (nSPS) is 10.2. The van der Waals surface area contributed by atoms with Crippen molar-refractivity contribution in [2.45, 2.75) is 20.1 Å². The Hall–Kier alpha value is -4.27. The van der Waals surface area contributed by atoms with Crippen LogP contribution in [0.4, 0.5) is 11.4 Å². The highest BCUT2D eigenvalue weighted by molar-refractivity contribution is 5.94. The molecule has 2 aromatic carbocycles. The standard InChI is InChI=1S/C23H24N2O7/c1-13(2)21(26)31-20(32-22(27)14(3)4)12-29-23(28)18-11-16(25)7-10-19(18)30-17-8-5-15(24)6-9-17/h5-11,20H,1,3,12,24-25H2,2,4H3. The molecule has 2 aromatic rings. The SMILES string of the molecule is C=C(C)C(=O)OC(COC(=O)c1cc(N)ccc1Oc1ccc(N)cc1)OC(=O)C(=C)C. The summed E-state index contributed by atoms with van der Waals surface area (Å²) in [5, 5.41) is 0. The number of hydrogen-bond acceptors (Lipinski definition) is 9. The summed E-state index contributed by atoms with van der Waals surface area (Å²) in [4.78, 5) is 36.4. The number of ether oxygens (including phenoxy) is 4. The van der Waals surface area contributed by atoms with E-state index in [1.165, 1.54) is 26.0 Å². The fourth-order valence-electron chi connectivity index (χ4n) is 2.21. The smallest absolute Gasteiger partial charge is 0.342 e. The van der Waals surface area contributed by atoms with Crippen molar-refractivity contribution in [2.75, 3.05) is 18.1 Å². The van der Waals surface area contributed by atoms with Crippen LogP contribution in [0.15, 0.2) is 66.8 Å². The number of esters is 3. The molecule has 0 aromatic heterocycles. The van der Waals surface area contributed by atoms with E-state index in [4.69, 9.17) is 30.4 Å². The van der Waals surface area contributed by atoms with Crippen LogP contribution in [0.5, 0.6) is 11.5 Å². The van der Waals surface area contributed by atoms with Gasteiger partial charge in [-0.2, -0.15) is 0 Å². The second-order valence-corrected chi connectivity index (χ2v) is 6.83. The van der Waals surface area contributed by atoms with Gasteiger partial charge in [0.25, 0.3) is 6.29 Å². The van der Waals surface area contributed by atoms with Gasteiger partial charge in [-0.1, -0.05) is 13.2 Å². The van der Waals surface area contributed by atoms with E-state index >= 15 is 0 Å². The Labute approximate surface area is 185 Å². The molecule has 168 valence electrons. The second kappa shape index (κ2) is 10.7. The third-order valence-electron chi connectivity index (χ3n) is 3.86. The van der Waals surface area contributed by atoms with E-state index < -0.39 is 30.8 Å². The van der Waals surface area contributed by atoms with E-state index in [0.29, 0.717) is 17.1 Å². The van der Waals surface area contributed by atoms with Gasteiger partial charge >= 0.3 is 17.9 Å². The van der Waals surface area contributed by atoms with Crippen LogP contribution in [-0.4, -0.2) is 30.8 Å². The number of benzene rings is 2. The van der Waals surface area contributed by atoms with Crippen molar-refractivity contribution in [3.63, 3.8) is 0 Å². The van der Waals surface area contributed by atoms with E-state index in [9.17, 15) is 14.4 Å². The summed E-state index contributed by atoms with van der Waals surface area (Å²) in [5.74, 6) is -1.88. The molecule has 0 amide bonds. The maximum absolute atomic E-state index is 12.7. The number of nitrogens with two attached hydrogens (primary N) is 2. The van der Waals surface area contributed by atoms with Gasteiger partial charge in [0.15, 0.2) is 6.61 Å². The third kappa shape index (κ3) is 6.91. The summed E-state index contributed by atoms with van der Waals surface area (Å²) >= 11 is 0. The van der Waals surface area contributed by atoms with Crippen LogP contribution in [0.25, 0.3) is 0 Å². The van der Waals surface area contributed by atoms with Crippen molar-refractivity contribution in [1.82, 2.24) is 0 Å². The lowest BCUT2D eigenvalue weighted by Gasteiger charge is -2.19. The molecule has 0 unspecified atom stereocenters. The predicted octanol–water partition coefficient (Wildman–Crippen LogP) is 3.36. The molecule has 0 bridgehead atoms. The third-order valence-corrected chi connectivity index (χ3v) is 3.86. The lowest BCUT2D eigenvalue weighted by molar-refractivity contribution is -0.188. The molecule has 0 aliphatic heterocycles. The van der Waals surface area contributed by atoms with Gasteiger partial charge in [0.1, 0.15) is 17.1 Å². The maximum atomic E-state index is 12.7. The summed E-state index contributed by atoms with van der Waals surface area (Å²) < 4.78 is 21.0. The first-order chi connectivity index (χ1) is 15.1. The van der Waals surface area contributed by atoms with Gasteiger partial charge in [0.05, 0.1) is 0 Å².